The predicted molar refractivity (Wildman–Crippen MR) is 80.3 cm³/mol. The number of carboxylic acids is 1. The number of rotatable bonds is 1. The molecular weight excluding hydrogens is 304 g/mol. The Morgan fingerprint density at radius 1 is 1.18 bits per heavy atom. The van der Waals surface area contributed by atoms with Crippen molar-refractivity contribution in [2.24, 2.45) is 0 Å². The highest BCUT2D eigenvalue weighted by Gasteiger charge is 2.29. The Balaban J connectivity index is 2.31. The van der Waals surface area contributed by atoms with E-state index in [0.29, 0.717) is 16.9 Å². The molecule has 0 saturated heterocycles. The van der Waals surface area contributed by atoms with Gasteiger partial charge in [-0.15, -0.1) is 0 Å². The quantitative estimate of drug-likeness (QED) is 0.874. The summed E-state index contributed by atoms with van der Waals surface area (Å²) in [4.78, 5) is 11.2. The molecule has 1 aliphatic heterocycles. The van der Waals surface area contributed by atoms with Crippen LogP contribution in [0.4, 0.5) is 0 Å². The molecular formula is C16H14O5S. The number of benzene rings is 2. The zero-order chi connectivity index (χ0) is 16.1. The van der Waals surface area contributed by atoms with Gasteiger partial charge in [-0.3, -0.25) is 0 Å². The Morgan fingerprint density at radius 3 is 2.59 bits per heavy atom. The fraction of sp³-hybridized carbons (Fsp3) is 0.188. The smallest absolute Gasteiger partial charge is 0.335 e. The second-order valence-corrected chi connectivity index (χ2v) is 7.30. The van der Waals surface area contributed by atoms with E-state index in [4.69, 9.17) is 4.74 Å². The van der Waals surface area contributed by atoms with Gasteiger partial charge >= 0.3 is 5.97 Å². The SMILES string of the molecule is Cc1cc2c(cc1C(=O)O)S(=O)(=O)Cc1cccc(C)c1O2. The molecule has 0 aromatic heterocycles. The highest BCUT2D eigenvalue weighted by molar-refractivity contribution is 7.90. The van der Waals surface area contributed by atoms with Crippen molar-refractivity contribution in [1.82, 2.24) is 0 Å². The van der Waals surface area contributed by atoms with Crippen LogP contribution in [-0.4, -0.2) is 19.5 Å². The van der Waals surface area contributed by atoms with Crippen LogP contribution in [0.25, 0.3) is 0 Å². The van der Waals surface area contributed by atoms with E-state index in [1.807, 2.05) is 13.0 Å². The normalized spacial score (nSPS) is 15.2. The second kappa shape index (κ2) is 4.84. The van der Waals surface area contributed by atoms with Crippen LogP contribution in [-0.2, 0) is 15.6 Å². The lowest BCUT2D eigenvalue weighted by atomic mass is 10.1. The number of ether oxygens (including phenoxy) is 1. The number of aryl methyl sites for hydroxylation is 2. The third-order valence-corrected chi connectivity index (χ3v) is 5.39. The van der Waals surface area contributed by atoms with Crippen LogP contribution in [0.5, 0.6) is 11.5 Å². The molecule has 1 heterocycles. The molecule has 0 bridgehead atoms. The van der Waals surface area contributed by atoms with Crippen molar-refractivity contribution in [2.45, 2.75) is 24.5 Å². The molecule has 114 valence electrons. The molecule has 6 heteroatoms. The standard InChI is InChI=1S/C16H14O5S/c1-9-4-3-5-11-8-22(19,20)14-7-12(16(17)18)10(2)6-13(14)21-15(9)11/h3-7H,8H2,1-2H3,(H,17,18). The Hall–Kier alpha value is -2.34. The first-order valence-electron chi connectivity index (χ1n) is 6.66. The number of carbonyl (C=O) groups is 1. The zero-order valence-corrected chi connectivity index (χ0v) is 12.9. The van der Waals surface area contributed by atoms with E-state index in [0.717, 1.165) is 5.56 Å². The summed E-state index contributed by atoms with van der Waals surface area (Å²) in [6.45, 7) is 3.46. The largest absolute Gasteiger partial charge is 0.478 e. The van der Waals surface area contributed by atoms with Crippen molar-refractivity contribution < 1.29 is 23.1 Å². The van der Waals surface area contributed by atoms with Crippen LogP contribution in [0, 0.1) is 13.8 Å². The average molecular weight is 318 g/mol. The van der Waals surface area contributed by atoms with Crippen molar-refractivity contribution in [3.63, 3.8) is 0 Å². The molecule has 0 amide bonds. The van der Waals surface area contributed by atoms with Crippen LogP contribution in [0.2, 0.25) is 0 Å². The van der Waals surface area contributed by atoms with E-state index in [1.54, 1.807) is 19.1 Å². The van der Waals surface area contributed by atoms with Crippen LogP contribution < -0.4 is 4.74 Å². The lowest BCUT2D eigenvalue weighted by molar-refractivity contribution is 0.0696. The van der Waals surface area contributed by atoms with Gasteiger partial charge in [0.05, 0.1) is 11.3 Å². The van der Waals surface area contributed by atoms with E-state index in [-0.39, 0.29) is 22.0 Å². The highest BCUT2D eigenvalue weighted by atomic mass is 32.2. The molecule has 0 unspecified atom stereocenters. The van der Waals surface area contributed by atoms with E-state index >= 15 is 0 Å². The van der Waals surface area contributed by atoms with Gasteiger partial charge in [0.15, 0.2) is 9.84 Å². The predicted octanol–water partition coefficient (Wildman–Crippen LogP) is 3.08. The molecule has 0 fully saturated rings. The maximum absolute atomic E-state index is 12.6. The van der Waals surface area contributed by atoms with Crippen molar-refractivity contribution in [3.8, 4) is 11.5 Å². The van der Waals surface area contributed by atoms with Crippen molar-refractivity contribution in [3.05, 3.63) is 52.6 Å². The lowest BCUT2D eigenvalue weighted by Gasteiger charge is -2.12. The third-order valence-electron chi connectivity index (χ3n) is 3.71. The van der Waals surface area contributed by atoms with Crippen molar-refractivity contribution >= 4 is 15.8 Å². The summed E-state index contributed by atoms with van der Waals surface area (Å²) in [5.74, 6) is -0.671. The van der Waals surface area contributed by atoms with Crippen LogP contribution >= 0.6 is 0 Å². The maximum atomic E-state index is 12.6. The van der Waals surface area contributed by atoms with Gasteiger partial charge in [0.25, 0.3) is 0 Å². The Labute approximate surface area is 128 Å². The summed E-state index contributed by atoms with van der Waals surface area (Å²) in [5.41, 5.74) is 1.83. The van der Waals surface area contributed by atoms with Crippen LogP contribution in [0.3, 0.4) is 0 Å². The van der Waals surface area contributed by atoms with Gasteiger partial charge in [0, 0.05) is 5.56 Å². The second-order valence-electron chi connectivity index (χ2n) is 5.34. The minimum absolute atomic E-state index is 0.0337. The lowest BCUT2D eigenvalue weighted by Crippen LogP contribution is -2.07. The van der Waals surface area contributed by atoms with Gasteiger partial charge in [-0.2, -0.15) is 0 Å². The summed E-state index contributed by atoms with van der Waals surface area (Å²) in [7, 11) is -3.67. The number of carboxylic acid groups (broad SMARTS) is 1. The fourth-order valence-electron chi connectivity index (χ4n) is 2.58. The minimum Gasteiger partial charge on any atom is -0.478 e. The van der Waals surface area contributed by atoms with Gasteiger partial charge in [0.1, 0.15) is 16.4 Å². The number of fused-ring (bicyclic) bond motifs is 2. The molecule has 1 aliphatic rings. The number of hydrogen-bond acceptors (Lipinski definition) is 4. The molecule has 0 radical (unpaired) electrons. The third kappa shape index (κ3) is 2.25. The summed E-state index contributed by atoms with van der Waals surface area (Å²) >= 11 is 0. The van der Waals surface area contributed by atoms with Gasteiger partial charge < -0.3 is 9.84 Å². The topological polar surface area (TPSA) is 80.7 Å². The Kier molecular flexibility index (Phi) is 3.21. The molecule has 0 saturated carbocycles. The monoisotopic (exact) mass is 318 g/mol. The van der Waals surface area contributed by atoms with E-state index in [1.165, 1.54) is 12.1 Å². The minimum atomic E-state index is -3.67. The van der Waals surface area contributed by atoms with Crippen LogP contribution in [0.1, 0.15) is 27.0 Å². The molecule has 5 nitrogen and oxygen atoms in total. The first-order chi connectivity index (χ1) is 10.3. The molecule has 0 spiro atoms. The first kappa shape index (κ1) is 14.6. The maximum Gasteiger partial charge on any atom is 0.335 e. The molecule has 0 aliphatic carbocycles. The van der Waals surface area contributed by atoms with Crippen molar-refractivity contribution in [2.75, 3.05) is 0 Å². The molecule has 2 aromatic rings. The van der Waals surface area contributed by atoms with Gasteiger partial charge in [-0.05, 0) is 37.1 Å². The highest BCUT2D eigenvalue weighted by Crippen LogP contribution is 2.40. The molecule has 1 N–H and O–H groups in total. The van der Waals surface area contributed by atoms with Gasteiger partial charge in [-0.1, -0.05) is 18.2 Å². The summed E-state index contributed by atoms with van der Waals surface area (Å²) < 4.78 is 31.0. The zero-order valence-electron chi connectivity index (χ0n) is 12.1. The van der Waals surface area contributed by atoms with E-state index < -0.39 is 15.8 Å². The van der Waals surface area contributed by atoms with Crippen LogP contribution in [0.15, 0.2) is 35.2 Å². The summed E-state index contributed by atoms with van der Waals surface area (Å²) in [5, 5.41) is 9.19. The molecule has 22 heavy (non-hydrogen) atoms. The average Bonchev–Trinajstić information content (AvgIpc) is 2.52. The number of sulfone groups is 1. The summed E-state index contributed by atoms with van der Waals surface area (Å²) in [6, 6.07) is 7.98. The first-order valence-corrected chi connectivity index (χ1v) is 8.32. The fourth-order valence-corrected chi connectivity index (χ4v) is 4.08. The van der Waals surface area contributed by atoms with Gasteiger partial charge in [0.2, 0.25) is 0 Å². The summed E-state index contributed by atoms with van der Waals surface area (Å²) in [6.07, 6.45) is 0. The van der Waals surface area contributed by atoms with Crippen molar-refractivity contribution in [1.29, 1.82) is 0 Å². The number of para-hydroxylation sites is 1. The van der Waals surface area contributed by atoms with E-state index in [9.17, 15) is 18.3 Å². The Bertz CT molecular complexity index is 897. The van der Waals surface area contributed by atoms with E-state index in [2.05, 4.69) is 0 Å². The Morgan fingerprint density at radius 2 is 1.91 bits per heavy atom. The number of aromatic carboxylic acids is 1. The van der Waals surface area contributed by atoms with Gasteiger partial charge in [-0.25, -0.2) is 13.2 Å². The molecule has 3 rings (SSSR count). The number of hydrogen-bond donors (Lipinski definition) is 1. The molecule has 2 aromatic carbocycles. The molecule has 0 atom stereocenters.